The standard InChI is InChI=1S/C12H21N5/c1-13-6-7-14-12-4-3-11(15-16-12)10-5-8-17(2)9-10/h3-4,10,13H,5-9H2,1-2H3,(H,14,16). The van der Waals surface area contributed by atoms with Gasteiger partial charge in [0.2, 0.25) is 0 Å². The summed E-state index contributed by atoms with van der Waals surface area (Å²) in [6.45, 7) is 4.06. The van der Waals surface area contributed by atoms with Crippen LogP contribution in [0.1, 0.15) is 18.0 Å². The van der Waals surface area contributed by atoms with Crippen LogP contribution in [0.4, 0.5) is 5.82 Å². The molecule has 2 N–H and O–H groups in total. The molecule has 0 saturated carbocycles. The van der Waals surface area contributed by atoms with Crippen LogP contribution < -0.4 is 10.6 Å². The minimum Gasteiger partial charge on any atom is -0.367 e. The average molecular weight is 235 g/mol. The van der Waals surface area contributed by atoms with Crippen LogP contribution in [0.15, 0.2) is 12.1 Å². The molecule has 1 aromatic rings. The predicted octanol–water partition coefficient (Wildman–Crippen LogP) is 0.527. The molecule has 2 heterocycles. The van der Waals surface area contributed by atoms with Crippen LogP contribution in [0.25, 0.3) is 0 Å². The fourth-order valence-corrected chi connectivity index (χ4v) is 2.15. The smallest absolute Gasteiger partial charge is 0.148 e. The molecule has 2 rings (SSSR count). The molecule has 1 unspecified atom stereocenters. The van der Waals surface area contributed by atoms with Crippen molar-refractivity contribution in [3.63, 3.8) is 0 Å². The lowest BCUT2D eigenvalue weighted by Gasteiger charge is -2.10. The van der Waals surface area contributed by atoms with Gasteiger partial charge in [0.05, 0.1) is 5.69 Å². The van der Waals surface area contributed by atoms with Gasteiger partial charge in [-0.15, -0.1) is 5.10 Å². The number of likely N-dealkylation sites (N-methyl/N-ethyl adjacent to an activating group) is 2. The SMILES string of the molecule is CNCCNc1ccc(C2CCN(C)C2)nn1. The molecule has 17 heavy (non-hydrogen) atoms. The third-order valence-electron chi connectivity index (χ3n) is 3.18. The van der Waals surface area contributed by atoms with Crippen LogP contribution in [0, 0.1) is 0 Å². The van der Waals surface area contributed by atoms with E-state index in [-0.39, 0.29) is 0 Å². The Kier molecular flexibility index (Phi) is 4.28. The second-order valence-electron chi connectivity index (χ2n) is 4.62. The second-order valence-corrected chi connectivity index (χ2v) is 4.62. The zero-order chi connectivity index (χ0) is 12.1. The first-order valence-electron chi connectivity index (χ1n) is 6.20. The highest BCUT2D eigenvalue weighted by Crippen LogP contribution is 2.24. The molecule has 0 aliphatic carbocycles. The predicted molar refractivity (Wildman–Crippen MR) is 69.3 cm³/mol. The molecule has 1 saturated heterocycles. The number of nitrogens with one attached hydrogen (secondary N) is 2. The Morgan fingerprint density at radius 3 is 2.82 bits per heavy atom. The summed E-state index contributed by atoms with van der Waals surface area (Å²) >= 11 is 0. The molecule has 5 heteroatoms. The molecule has 0 spiro atoms. The van der Waals surface area contributed by atoms with Gasteiger partial charge in [0.1, 0.15) is 5.82 Å². The van der Waals surface area contributed by atoms with Crippen LogP contribution >= 0.6 is 0 Å². The van der Waals surface area contributed by atoms with E-state index in [1.165, 1.54) is 6.42 Å². The van der Waals surface area contributed by atoms with Crippen molar-refractivity contribution in [2.75, 3.05) is 45.6 Å². The lowest BCUT2D eigenvalue weighted by atomic mass is 10.1. The summed E-state index contributed by atoms with van der Waals surface area (Å²) in [5, 5.41) is 14.8. The van der Waals surface area contributed by atoms with Crippen molar-refractivity contribution in [3.05, 3.63) is 17.8 Å². The van der Waals surface area contributed by atoms with E-state index in [1.807, 2.05) is 13.1 Å². The van der Waals surface area contributed by atoms with Gasteiger partial charge in [-0.05, 0) is 39.2 Å². The molecule has 0 radical (unpaired) electrons. The number of nitrogens with zero attached hydrogens (tertiary/aromatic N) is 3. The van der Waals surface area contributed by atoms with Crippen LogP contribution in [0.3, 0.4) is 0 Å². The van der Waals surface area contributed by atoms with Crippen molar-refractivity contribution in [1.29, 1.82) is 0 Å². The first-order valence-corrected chi connectivity index (χ1v) is 6.20. The van der Waals surface area contributed by atoms with Crippen molar-refractivity contribution in [1.82, 2.24) is 20.4 Å². The van der Waals surface area contributed by atoms with E-state index < -0.39 is 0 Å². The first-order chi connectivity index (χ1) is 8.29. The van der Waals surface area contributed by atoms with Gasteiger partial charge in [-0.25, -0.2) is 0 Å². The number of hydrogen-bond acceptors (Lipinski definition) is 5. The Morgan fingerprint density at radius 2 is 2.24 bits per heavy atom. The number of anilines is 1. The molecule has 1 atom stereocenters. The molecular formula is C12H21N5. The molecule has 0 aromatic carbocycles. The normalized spacial score (nSPS) is 20.7. The molecule has 0 bridgehead atoms. The Morgan fingerprint density at radius 1 is 1.35 bits per heavy atom. The van der Waals surface area contributed by atoms with Gasteiger partial charge < -0.3 is 15.5 Å². The van der Waals surface area contributed by atoms with E-state index in [0.29, 0.717) is 5.92 Å². The van der Waals surface area contributed by atoms with Crippen molar-refractivity contribution in [2.45, 2.75) is 12.3 Å². The number of hydrogen-bond donors (Lipinski definition) is 2. The molecule has 94 valence electrons. The maximum absolute atomic E-state index is 4.31. The lowest BCUT2D eigenvalue weighted by Crippen LogP contribution is -2.18. The summed E-state index contributed by atoms with van der Waals surface area (Å²) < 4.78 is 0. The van der Waals surface area contributed by atoms with E-state index in [4.69, 9.17) is 0 Å². The van der Waals surface area contributed by atoms with E-state index in [2.05, 4.69) is 38.8 Å². The van der Waals surface area contributed by atoms with Crippen LogP contribution in [-0.4, -0.2) is 55.4 Å². The Balaban J connectivity index is 1.89. The number of likely N-dealkylation sites (tertiary alicyclic amines) is 1. The van der Waals surface area contributed by atoms with Gasteiger partial charge in [0.15, 0.2) is 0 Å². The van der Waals surface area contributed by atoms with Crippen molar-refractivity contribution in [2.24, 2.45) is 0 Å². The Bertz CT molecular complexity index is 337. The maximum Gasteiger partial charge on any atom is 0.148 e. The summed E-state index contributed by atoms with van der Waals surface area (Å²) in [4.78, 5) is 2.34. The maximum atomic E-state index is 4.31. The van der Waals surface area contributed by atoms with Gasteiger partial charge in [-0.2, -0.15) is 5.10 Å². The quantitative estimate of drug-likeness (QED) is 0.729. The Hall–Kier alpha value is -1.20. The van der Waals surface area contributed by atoms with E-state index >= 15 is 0 Å². The fourth-order valence-electron chi connectivity index (χ4n) is 2.15. The van der Waals surface area contributed by atoms with Crippen LogP contribution in [0.5, 0.6) is 0 Å². The highest BCUT2D eigenvalue weighted by Gasteiger charge is 2.22. The van der Waals surface area contributed by atoms with Crippen LogP contribution in [0.2, 0.25) is 0 Å². The van der Waals surface area contributed by atoms with Gasteiger partial charge in [-0.1, -0.05) is 0 Å². The Labute approximate surface area is 103 Å². The number of aromatic nitrogens is 2. The molecule has 0 amide bonds. The summed E-state index contributed by atoms with van der Waals surface area (Å²) in [5.74, 6) is 1.41. The van der Waals surface area contributed by atoms with Crippen molar-refractivity contribution in [3.8, 4) is 0 Å². The minimum absolute atomic E-state index is 0.554. The highest BCUT2D eigenvalue weighted by molar-refractivity contribution is 5.33. The third-order valence-corrected chi connectivity index (χ3v) is 3.18. The van der Waals surface area contributed by atoms with E-state index in [0.717, 1.165) is 37.7 Å². The largest absolute Gasteiger partial charge is 0.367 e. The van der Waals surface area contributed by atoms with Crippen molar-refractivity contribution < 1.29 is 0 Å². The second kappa shape index (κ2) is 5.93. The average Bonchev–Trinajstić information content (AvgIpc) is 2.77. The van der Waals surface area contributed by atoms with E-state index in [1.54, 1.807) is 0 Å². The van der Waals surface area contributed by atoms with Gasteiger partial charge in [0.25, 0.3) is 0 Å². The summed E-state index contributed by atoms with van der Waals surface area (Å²) in [6.07, 6.45) is 1.19. The zero-order valence-electron chi connectivity index (χ0n) is 10.6. The summed E-state index contributed by atoms with van der Waals surface area (Å²) in [5.41, 5.74) is 1.12. The monoisotopic (exact) mass is 235 g/mol. The molecule has 1 fully saturated rings. The number of rotatable bonds is 5. The molecule has 1 aliphatic rings. The fraction of sp³-hybridized carbons (Fsp3) is 0.667. The van der Waals surface area contributed by atoms with Gasteiger partial charge in [0, 0.05) is 25.6 Å². The highest BCUT2D eigenvalue weighted by atomic mass is 15.2. The minimum atomic E-state index is 0.554. The first kappa shape index (κ1) is 12.3. The van der Waals surface area contributed by atoms with Crippen LogP contribution in [-0.2, 0) is 0 Å². The van der Waals surface area contributed by atoms with E-state index in [9.17, 15) is 0 Å². The van der Waals surface area contributed by atoms with Gasteiger partial charge in [-0.3, -0.25) is 0 Å². The topological polar surface area (TPSA) is 53.1 Å². The lowest BCUT2D eigenvalue weighted by molar-refractivity contribution is 0.410. The molecule has 1 aromatic heterocycles. The summed E-state index contributed by atoms with van der Waals surface area (Å²) in [6, 6.07) is 4.12. The van der Waals surface area contributed by atoms with Gasteiger partial charge >= 0.3 is 0 Å². The van der Waals surface area contributed by atoms with Crippen molar-refractivity contribution >= 4 is 5.82 Å². The summed E-state index contributed by atoms with van der Waals surface area (Å²) in [7, 11) is 4.09. The molecular weight excluding hydrogens is 214 g/mol. The zero-order valence-corrected chi connectivity index (χ0v) is 10.6. The molecule has 1 aliphatic heterocycles. The molecule has 5 nitrogen and oxygen atoms in total. The third kappa shape index (κ3) is 3.38.